The van der Waals surface area contributed by atoms with Crippen LogP contribution in [-0.2, 0) is 12.8 Å². The normalized spacial score (nSPS) is 13.0. The maximum absolute atomic E-state index is 10.2. The van der Waals surface area contributed by atoms with Gasteiger partial charge in [0.2, 0.25) is 0 Å². The Morgan fingerprint density at radius 3 is 1.07 bits per heavy atom. The number of thiocarbonyl (C=S) groups is 1. The van der Waals surface area contributed by atoms with Gasteiger partial charge in [-0.1, -0.05) is 225 Å². The molecule has 11 aromatic carbocycles. The molecule has 440 valence electrons. The minimum Gasteiger partial charge on any atom is -0.311 e. The van der Waals surface area contributed by atoms with E-state index in [0.717, 1.165) is 73.6 Å². The lowest BCUT2D eigenvalue weighted by Gasteiger charge is -2.38. The first-order valence-corrected chi connectivity index (χ1v) is 33.5. The van der Waals surface area contributed by atoms with Crippen LogP contribution in [0.4, 0.5) is 34.1 Å². The zero-order valence-corrected chi connectivity index (χ0v) is 54.1. The highest BCUT2D eigenvalue weighted by molar-refractivity contribution is 8.47. The summed E-state index contributed by atoms with van der Waals surface area (Å²) in [5.74, 6) is 0.746. The van der Waals surface area contributed by atoms with Crippen molar-refractivity contribution in [2.75, 3.05) is 16.1 Å². The molecule has 0 saturated heterocycles. The van der Waals surface area contributed by atoms with Gasteiger partial charge in [-0.3, -0.25) is 0 Å². The Bertz CT molecular complexity index is 4110. The fourth-order valence-corrected chi connectivity index (χ4v) is 15.0. The third-order valence-corrected chi connectivity index (χ3v) is 21.3. The quantitative estimate of drug-likeness (QED) is 0.0707. The molecule has 6 heteroatoms. The molecule has 3 nitrogen and oxygen atoms in total. The van der Waals surface area contributed by atoms with Crippen LogP contribution in [0.15, 0.2) is 279 Å². The first-order valence-electron chi connectivity index (χ1n) is 31.1. The number of para-hydroxylation sites is 1. The fourth-order valence-electron chi connectivity index (χ4n) is 12.6. The number of benzene rings is 11. The third-order valence-electron chi connectivity index (χ3n) is 18.5. The van der Waals surface area contributed by atoms with E-state index in [9.17, 15) is 5.26 Å². The van der Waals surface area contributed by atoms with Crippen LogP contribution in [0.25, 0.3) is 55.6 Å². The van der Waals surface area contributed by atoms with Crippen LogP contribution in [0.1, 0.15) is 81.5 Å². The summed E-state index contributed by atoms with van der Waals surface area (Å²) < 4.78 is 0.803. The molecule has 1 aliphatic carbocycles. The lowest BCUT2D eigenvalue weighted by Crippen LogP contribution is -2.30. The van der Waals surface area contributed by atoms with Gasteiger partial charge in [0.25, 0.3) is 0 Å². The molecule has 11 aromatic rings. The average molecular weight is 1210 g/mol. The Hall–Kier alpha value is -8.70. The van der Waals surface area contributed by atoms with Gasteiger partial charge in [-0.2, -0.15) is 5.26 Å². The van der Waals surface area contributed by atoms with Crippen molar-refractivity contribution in [3.05, 3.63) is 301 Å². The summed E-state index contributed by atoms with van der Waals surface area (Å²) in [5.41, 5.74) is 23.6. The molecule has 89 heavy (non-hydrogen) atoms. The number of anilines is 6. The summed E-state index contributed by atoms with van der Waals surface area (Å²) in [5, 5.41) is 10.2. The average Bonchev–Trinajstić information content (AvgIpc) is 2.77. The Kier molecular flexibility index (Phi) is 18.3. The molecule has 0 bridgehead atoms. The summed E-state index contributed by atoms with van der Waals surface area (Å²) in [6.45, 7) is 11.2. The second-order valence-corrected chi connectivity index (χ2v) is 28.5. The first-order chi connectivity index (χ1) is 43.3. The molecular formula is C83H75N3S3. The van der Waals surface area contributed by atoms with Crippen molar-refractivity contribution >= 4 is 73.4 Å². The van der Waals surface area contributed by atoms with Crippen LogP contribution in [0, 0.1) is 22.7 Å². The van der Waals surface area contributed by atoms with E-state index in [1.165, 1.54) is 67.6 Å². The lowest BCUT2D eigenvalue weighted by molar-refractivity contribution is 0.269. The topological polar surface area (TPSA) is 30.3 Å². The van der Waals surface area contributed by atoms with Crippen molar-refractivity contribution in [2.45, 2.75) is 76.9 Å². The molecule has 0 heterocycles. The smallest absolute Gasteiger partial charge is 0.104 e. The van der Waals surface area contributed by atoms with E-state index in [2.05, 4.69) is 336 Å². The molecule has 0 aromatic heterocycles. The Balaban J connectivity index is 0.764. The molecule has 0 radical (unpaired) electrons. The van der Waals surface area contributed by atoms with Gasteiger partial charge in [0.1, 0.15) is 3.53 Å². The van der Waals surface area contributed by atoms with Gasteiger partial charge >= 0.3 is 0 Å². The zero-order chi connectivity index (χ0) is 61.5. The van der Waals surface area contributed by atoms with Gasteiger partial charge in [0, 0.05) is 38.9 Å². The van der Waals surface area contributed by atoms with Gasteiger partial charge in [0.15, 0.2) is 0 Å². The third kappa shape index (κ3) is 13.8. The number of rotatable bonds is 20. The number of thioether (sulfide) groups is 2. The standard InChI is InChI=1S/C83H75N3S3/c1-58(82(2,3)57-84)54-73(72-33-29-69-28-32-71(69)55-72)56-80(83(4,5)89-81(87)88-6)70-30-26-63(27-31-70)61-22-24-62(25-23-61)66-38-48-75(49-39-66)85(74-20-14-9-15-21-74)76-50-40-67(41-51-76)68-42-52-79(53-43-68)86(77-44-34-64(35-45-77)59-16-10-7-11-17-59)78-46-36-65(37-47-78)60-18-12-8-13-19-60/h7-27,29-31,33-53,55,58,73,80H,28,32,54,56H2,1-6H3. The zero-order valence-electron chi connectivity index (χ0n) is 51.7. The highest BCUT2D eigenvalue weighted by Crippen LogP contribution is 2.50. The van der Waals surface area contributed by atoms with E-state index in [0.29, 0.717) is 5.92 Å². The SMILES string of the molecule is CSC(=S)SC(C)(C)C(CC(CC(C)C(C)(C)C#N)c1ccc2c(c1)CC2)c1ccc(-c2ccc(-c3ccc(N(c4ccccc4)c4ccc(-c5ccc(N(c6ccc(-c7ccccc7)cc6)c6ccc(-c7ccccc7)cc6)cc5)cc4)cc3)cc2)cc1. The largest absolute Gasteiger partial charge is 0.311 e. The molecule has 3 atom stereocenters. The van der Waals surface area contributed by atoms with Crippen molar-refractivity contribution in [2.24, 2.45) is 11.3 Å². The minimum absolute atomic E-state index is 0.163. The van der Waals surface area contributed by atoms with Crippen LogP contribution >= 0.6 is 35.7 Å². The number of hydrogen-bond acceptors (Lipinski definition) is 6. The Morgan fingerprint density at radius 2 is 0.730 bits per heavy atom. The molecule has 0 N–H and O–H groups in total. The molecule has 1 aliphatic rings. The van der Waals surface area contributed by atoms with Gasteiger partial charge in [-0.25, -0.2) is 0 Å². The highest BCUT2D eigenvalue weighted by atomic mass is 32.2. The summed E-state index contributed by atoms with van der Waals surface area (Å²) in [6, 6.07) is 104. The maximum Gasteiger partial charge on any atom is 0.104 e. The summed E-state index contributed by atoms with van der Waals surface area (Å²) >= 11 is 9.38. The van der Waals surface area contributed by atoms with E-state index in [1.54, 1.807) is 11.8 Å². The minimum atomic E-state index is -0.419. The van der Waals surface area contributed by atoms with Crippen molar-refractivity contribution in [1.29, 1.82) is 5.26 Å². The fraction of sp³-hybridized carbons (Fsp3) is 0.181. The van der Waals surface area contributed by atoms with Crippen molar-refractivity contribution < 1.29 is 0 Å². The van der Waals surface area contributed by atoms with Gasteiger partial charge in [-0.05, 0) is 228 Å². The number of aryl methyl sites for hydroxylation is 2. The Morgan fingerprint density at radius 1 is 0.416 bits per heavy atom. The number of fused-ring (bicyclic) bond motifs is 1. The summed E-state index contributed by atoms with van der Waals surface area (Å²) in [6.07, 6.45) is 6.33. The van der Waals surface area contributed by atoms with E-state index in [4.69, 9.17) is 12.2 Å². The molecular weight excluding hydrogens is 1140 g/mol. The number of hydrogen-bond donors (Lipinski definition) is 0. The maximum atomic E-state index is 10.2. The second-order valence-electron chi connectivity index (χ2n) is 24.8. The molecule has 0 aliphatic heterocycles. The van der Waals surface area contributed by atoms with Crippen LogP contribution in [0.5, 0.6) is 0 Å². The van der Waals surface area contributed by atoms with Crippen LogP contribution in [0.2, 0.25) is 0 Å². The van der Waals surface area contributed by atoms with Crippen LogP contribution < -0.4 is 9.80 Å². The van der Waals surface area contributed by atoms with E-state index in [1.807, 2.05) is 11.8 Å². The Labute approximate surface area is 542 Å². The molecule has 0 fully saturated rings. The predicted molar refractivity (Wildman–Crippen MR) is 388 cm³/mol. The van der Waals surface area contributed by atoms with Crippen molar-refractivity contribution in [3.63, 3.8) is 0 Å². The van der Waals surface area contributed by atoms with E-state index >= 15 is 0 Å². The molecule has 0 amide bonds. The monoisotopic (exact) mass is 1210 g/mol. The first kappa shape index (κ1) is 60.6. The number of nitriles is 1. The number of nitrogens with zero attached hydrogens (tertiary/aromatic N) is 3. The molecule has 0 spiro atoms. The predicted octanol–water partition coefficient (Wildman–Crippen LogP) is 24.1. The van der Waals surface area contributed by atoms with Gasteiger partial charge < -0.3 is 9.80 Å². The van der Waals surface area contributed by atoms with Gasteiger partial charge in [-0.15, -0.1) is 23.5 Å². The summed E-state index contributed by atoms with van der Waals surface area (Å²) in [4.78, 5) is 4.67. The lowest BCUT2D eigenvalue weighted by atomic mass is 9.70. The highest BCUT2D eigenvalue weighted by Gasteiger charge is 2.37. The summed E-state index contributed by atoms with van der Waals surface area (Å²) in [7, 11) is 0. The van der Waals surface area contributed by atoms with E-state index in [-0.39, 0.29) is 16.6 Å². The van der Waals surface area contributed by atoms with Crippen LogP contribution in [-0.4, -0.2) is 14.5 Å². The molecule has 3 unspecified atom stereocenters. The second kappa shape index (κ2) is 27.0. The molecule has 12 rings (SSSR count). The van der Waals surface area contributed by atoms with Crippen LogP contribution in [0.3, 0.4) is 0 Å². The van der Waals surface area contributed by atoms with Crippen molar-refractivity contribution in [3.8, 4) is 61.7 Å². The van der Waals surface area contributed by atoms with Gasteiger partial charge in [0.05, 0.1) is 11.5 Å². The van der Waals surface area contributed by atoms with E-state index < -0.39 is 5.41 Å². The molecule has 0 saturated carbocycles. The van der Waals surface area contributed by atoms with Crippen molar-refractivity contribution in [1.82, 2.24) is 0 Å².